The van der Waals surface area contributed by atoms with Crippen molar-refractivity contribution >= 4 is 6.72 Å². The van der Waals surface area contributed by atoms with Crippen LogP contribution in [0.4, 0.5) is 0 Å². The summed E-state index contributed by atoms with van der Waals surface area (Å²) in [5, 5.41) is 7.40. The molecule has 0 saturated heterocycles. The minimum Gasteiger partial charge on any atom is -0.390 e. The summed E-state index contributed by atoms with van der Waals surface area (Å²) in [5.74, 6) is 0.755. The van der Waals surface area contributed by atoms with E-state index in [1.165, 1.54) is 0 Å². The minimum atomic E-state index is 0.318. The van der Waals surface area contributed by atoms with Crippen LogP contribution in [0.2, 0.25) is 0 Å². The fourth-order valence-electron chi connectivity index (χ4n) is 1.19. The molecule has 0 aliphatic heterocycles. The summed E-state index contributed by atoms with van der Waals surface area (Å²) in [7, 11) is 0. The van der Waals surface area contributed by atoms with Crippen LogP contribution in [0.3, 0.4) is 0 Å². The molecule has 0 aliphatic carbocycles. The van der Waals surface area contributed by atoms with E-state index in [0.717, 1.165) is 11.5 Å². The predicted octanol–water partition coefficient (Wildman–Crippen LogP) is 1.40. The lowest BCUT2D eigenvalue weighted by Crippen LogP contribution is -2.00. The number of nitrogens with zero attached hydrogens (tertiary/aromatic N) is 4. The second-order valence-corrected chi connectivity index (χ2v) is 2.84. The maximum atomic E-state index is 4.81. The Morgan fingerprint density at radius 3 is 3.07 bits per heavy atom. The van der Waals surface area contributed by atoms with Crippen molar-refractivity contribution in [3.63, 3.8) is 0 Å². The van der Waals surface area contributed by atoms with Crippen molar-refractivity contribution in [2.45, 2.75) is 6.61 Å². The van der Waals surface area contributed by atoms with Crippen LogP contribution in [-0.2, 0) is 11.4 Å². The molecule has 0 aromatic carbocycles. The Labute approximate surface area is 87.0 Å². The van der Waals surface area contributed by atoms with Crippen LogP contribution in [0.25, 0.3) is 5.82 Å². The van der Waals surface area contributed by atoms with E-state index in [2.05, 4.69) is 22.0 Å². The molecule has 2 heterocycles. The van der Waals surface area contributed by atoms with E-state index in [1.54, 1.807) is 10.9 Å². The molecule has 0 N–H and O–H groups in total. The van der Waals surface area contributed by atoms with Crippen LogP contribution in [-0.4, -0.2) is 21.5 Å². The van der Waals surface area contributed by atoms with Gasteiger partial charge in [0.05, 0.1) is 5.69 Å². The first-order valence-corrected chi connectivity index (χ1v) is 4.44. The van der Waals surface area contributed by atoms with Gasteiger partial charge in [0, 0.05) is 19.1 Å². The molecule has 0 atom stereocenters. The molecule has 2 aromatic heterocycles. The van der Waals surface area contributed by atoms with Crippen molar-refractivity contribution in [3.8, 4) is 5.82 Å². The Kier molecular flexibility index (Phi) is 2.73. The second-order valence-electron chi connectivity index (χ2n) is 2.84. The zero-order valence-corrected chi connectivity index (χ0v) is 8.08. The van der Waals surface area contributed by atoms with Gasteiger partial charge >= 0.3 is 0 Å². The number of hydrogen-bond donors (Lipinski definition) is 0. The molecule has 2 rings (SSSR count). The van der Waals surface area contributed by atoms with Gasteiger partial charge in [-0.2, -0.15) is 5.10 Å². The maximum Gasteiger partial charge on any atom is 0.159 e. The SMILES string of the molecule is C=NOCc1cccc(-n2cccn2)n1. The Morgan fingerprint density at radius 1 is 1.40 bits per heavy atom. The molecule has 0 radical (unpaired) electrons. The third-order valence-corrected chi connectivity index (χ3v) is 1.83. The van der Waals surface area contributed by atoms with Gasteiger partial charge in [-0.1, -0.05) is 6.07 Å². The summed E-state index contributed by atoms with van der Waals surface area (Å²) in [5.41, 5.74) is 0.787. The monoisotopic (exact) mass is 202 g/mol. The zero-order chi connectivity index (χ0) is 10.5. The Balaban J connectivity index is 2.23. The van der Waals surface area contributed by atoms with Crippen molar-refractivity contribution in [1.29, 1.82) is 0 Å². The summed E-state index contributed by atoms with van der Waals surface area (Å²) in [4.78, 5) is 9.15. The van der Waals surface area contributed by atoms with Crippen LogP contribution in [0.1, 0.15) is 5.69 Å². The van der Waals surface area contributed by atoms with Gasteiger partial charge in [-0.3, -0.25) is 0 Å². The van der Waals surface area contributed by atoms with Gasteiger partial charge in [-0.25, -0.2) is 9.67 Å². The topological polar surface area (TPSA) is 52.3 Å². The molecular weight excluding hydrogens is 192 g/mol. The molecule has 76 valence electrons. The zero-order valence-electron chi connectivity index (χ0n) is 8.08. The lowest BCUT2D eigenvalue weighted by molar-refractivity contribution is 0.130. The van der Waals surface area contributed by atoms with Crippen molar-refractivity contribution in [2.24, 2.45) is 5.16 Å². The van der Waals surface area contributed by atoms with Gasteiger partial charge in [-0.05, 0) is 18.2 Å². The van der Waals surface area contributed by atoms with Crippen LogP contribution >= 0.6 is 0 Å². The highest BCUT2D eigenvalue weighted by atomic mass is 16.6. The van der Waals surface area contributed by atoms with E-state index in [1.807, 2.05) is 30.5 Å². The highest BCUT2D eigenvalue weighted by molar-refractivity contribution is 5.23. The van der Waals surface area contributed by atoms with Gasteiger partial charge in [0.2, 0.25) is 0 Å². The van der Waals surface area contributed by atoms with E-state index in [4.69, 9.17) is 4.84 Å². The minimum absolute atomic E-state index is 0.318. The van der Waals surface area contributed by atoms with Crippen LogP contribution < -0.4 is 0 Å². The molecule has 2 aromatic rings. The van der Waals surface area contributed by atoms with E-state index >= 15 is 0 Å². The molecule has 0 unspecified atom stereocenters. The van der Waals surface area contributed by atoms with E-state index in [-0.39, 0.29) is 0 Å². The standard InChI is InChI=1S/C10H10N4O/c1-11-15-8-9-4-2-5-10(13-9)14-7-3-6-12-14/h2-7H,1,8H2. The summed E-state index contributed by atoms with van der Waals surface area (Å²) in [6.07, 6.45) is 3.54. The number of aromatic nitrogens is 3. The van der Waals surface area contributed by atoms with Crippen molar-refractivity contribution < 1.29 is 4.84 Å². The number of hydrogen-bond acceptors (Lipinski definition) is 4. The first kappa shape index (κ1) is 9.39. The normalized spacial score (nSPS) is 9.87. The Morgan fingerprint density at radius 2 is 2.33 bits per heavy atom. The third kappa shape index (κ3) is 2.19. The Hall–Kier alpha value is -2.17. The van der Waals surface area contributed by atoms with Gasteiger partial charge < -0.3 is 4.84 Å². The predicted molar refractivity (Wildman–Crippen MR) is 55.7 cm³/mol. The highest BCUT2D eigenvalue weighted by Crippen LogP contribution is 2.05. The third-order valence-electron chi connectivity index (χ3n) is 1.83. The van der Waals surface area contributed by atoms with Gasteiger partial charge in [0.1, 0.15) is 0 Å². The molecule has 0 fully saturated rings. The number of rotatable bonds is 4. The first-order chi connectivity index (χ1) is 7.40. The van der Waals surface area contributed by atoms with Crippen molar-refractivity contribution in [2.75, 3.05) is 0 Å². The largest absolute Gasteiger partial charge is 0.390 e. The summed E-state index contributed by atoms with van der Waals surface area (Å²) >= 11 is 0. The summed E-state index contributed by atoms with van der Waals surface area (Å²) in [6, 6.07) is 7.47. The molecule has 15 heavy (non-hydrogen) atoms. The van der Waals surface area contributed by atoms with Crippen molar-refractivity contribution in [3.05, 3.63) is 42.4 Å². The highest BCUT2D eigenvalue weighted by Gasteiger charge is 1.99. The fourth-order valence-corrected chi connectivity index (χ4v) is 1.19. The Bertz CT molecular complexity index is 438. The van der Waals surface area contributed by atoms with E-state index in [0.29, 0.717) is 6.61 Å². The molecule has 5 heteroatoms. The average molecular weight is 202 g/mol. The van der Waals surface area contributed by atoms with Gasteiger partial charge in [0.15, 0.2) is 12.4 Å². The quantitative estimate of drug-likeness (QED) is 0.556. The summed E-state index contributed by atoms with van der Waals surface area (Å²) < 4.78 is 1.69. The molecule has 0 bridgehead atoms. The lowest BCUT2D eigenvalue weighted by atomic mass is 10.3. The van der Waals surface area contributed by atoms with E-state index in [9.17, 15) is 0 Å². The van der Waals surface area contributed by atoms with Crippen LogP contribution in [0.15, 0.2) is 41.8 Å². The van der Waals surface area contributed by atoms with Crippen LogP contribution in [0, 0.1) is 0 Å². The maximum absolute atomic E-state index is 4.81. The van der Waals surface area contributed by atoms with Gasteiger partial charge in [0.25, 0.3) is 0 Å². The smallest absolute Gasteiger partial charge is 0.159 e. The average Bonchev–Trinajstić information content (AvgIpc) is 2.80. The molecule has 0 saturated carbocycles. The van der Waals surface area contributed by atoms with Crippen molar-refractivity contribution in [1.82, 2.24) is 14.8 Å². The number of pyridine rings is 1. The number of oxime groups is 1. The molecule has 0 spiro atoms. The van der Waals surface area contributed by atoms with Crippen LogP contribution in [0.5, 0.6) is 0 Å². The first-order valence-electron chi connectivity index (χ1n) is 4.44. The van der Waals surface area contributed by atoms with Gasteiger partial charge in [-0.15, -0.1) is 5.16 Å². The molecule has 0 amide bonds. The molecular formula is C10H10N4O. The summed E-state index contributed by atoms with van der Waals surface area (Å²) in [6.45, 7) is 3.55. The lowest BCUT2D eigenvalue weighted by Gasteiger charge is -2.02. The fraction of sp³-hybridized carbons (Fsp3) is 0.100. The molecule has 0 aliphatic rings. The molecule has 5 nitrogen and oxygen atoms in total. The van der Waals surface area contributed by atoms with E-state index < -0.39 is 0 Å². The second kappa shape index (κ2) is 4.36.